The molecule has 1 heterocycles. The summed E-state index contributed by atoms with van der Waals surface area (Å²) in [6.07, 6.45) is 2.57. The summed E-state index contributed by atoms with van der Waals surface area (Å²) < 4.78 is 24.0. The highest BCUT2D eigenvalue weighted by Crippen LogP contribution is 2.29. The number of amides is 1. The van der Waals surface area contributed by atoms with E-state index < -0.39 is 0 Å². The van der Waals surface area contributed by atoms with Crippen molar-refractivity contribution in [1.29, 1.82) is 0 Å². The van der Waals surface area contributed by atoms with Crippen LogP contribution in [0.5, 0.6) is 17.2 Å². The van der Waals surface area contributed by atoms with Crippen molar-refractivity contribution in [3.05, 3.63) is 88.9 Å². The largest absolute Gasteiger partial charge is 0.493 e. The molecular weight excluding hydrogens is 528 g/mol. The molecule has 4 rings (SSSR count). The third kappa shape index (κ3) is 9.44. The average Bonchev–Trinajstić information content (AvgIpc) is 2.97. The van der Waals surface area contributed by atoms with Gasteiger partial charge in [-0.25, -0.2) is 0 Å². The van der Waals surface area contributed by atoms with Crippen molar-refractivity contribution < 1.29 is 23.7 Å². The van der Waals surface area contributed by atoms with Crippen molar-refractivity contribution in [2.75, 3.05) is 46.1 Å². The van der Waals surface area contributed by atoms with E-state index in [2.05, 4.69) is 22.8 Å². The molecule has 1 fully saturated rings. The number of halogens is 1. The molecule has 7 nitrogen and oxygen atoms in total. The Morgan fingerprint density at radius 2 is 1.62 bits per heavy atom. The Hall–Kier alpha value is -3.26. The number of rotatable bonds is 15. The maximum atomic E-state index is 11.2. The van der Waals surface area contributed by atoms with Crippen LogP contribution in [-0.2, 0) is 16.0 Å². The molecule has 3 aromatic carbocycles. The van der Waals surface area contributed by atoms with Crippen LogP contribution >= 0.6 is 11.6 Å². The van der Waals surface area contributed by atoms with E-state index in [1.807, 2.05) is 60.7 Å². The topological polar surface area (TPSA) is 78.1 Å². The number of benzene rings is 3. The minimum atomic E-state index is -0.0275. The van der Waals surface area contributed by atoms with Crippen LogP contribution in [0.2, 0.25) is 5.02 Å². The fraction of sp³-hybridized carbons (Fsp3) is 0.406. The van der Waals surface area contributed by atoms with Crippen LogP contribution in [0.15, 0.2) is 72.8 Å². The Balaban J connectivity index is 1.19. The van der Waals surface area contributed by atoms with Gasteiger partial charge >= 0.3 is 0 Å². The number of carbonyl (C=O) groups excluding carboxylic acids is 1. The second-order valence-corrected chi connectivity index (χ2v) is 10.2. The smallest absolute Gasteiger partial charge is 0.216 e. The van der Waals surface area contributed by atoms with E-state index in [-0.39, 0.29) is 12.0 Å². The van der Waals surface area contributed by atoms with Crippen LogP contribution < -0.4 is 24.8 Å². The molecule has 0 spiro atoms. The Labute approximate surface area is 242 Å². The van der Waals surface area contributed by atoms with Crippen LogP contribution in [0.4, 0.5) is 0 Å². The van der Waals surface area contributed by atoms with Crippen molar-refractivity contribution in [1.82, 2.24) is 10.6 Å². The van der Waals surface area contributed by atoms with E-state index >= 15 is 0 Å². The molecule has 1 amide bonds. The lowest BCUT2D eigenvalue weighted by atomic mass is 9.88. The highest BCUT2D eigenvalue weighted by molar-refractivity contribution is 6.32. The zero-order chi connectivity index (χ0) is 28.0. The maximum Gasteiger partial charge on any atom is 0.216 e. The Bertz CT molecular complexity index is 1190. The average molecular weight is 567 g/mol. The predicted molar refractivity (Wildman–Crippen MR) is 158 cm³/mol. The van der Waals surface area contributed by atoms with Gasteiger partial charge in [0.15, 0.2) is 0 Å². The predicted octanol–water partition coefficient (Wildman–Crippen LogP) is 5.41. The first-order valence-corrected chi connectivity index (χ1v) is 14.4. The Morgan fingerprint density at radius 3 is 2.42 bits per heavy atom. The minimum Gasteiger partial charge on any atom is -0.493 e. The number of carbonyl (C=O) groups is 1. The highest BCUT2D eigenvalue weighted by Gasteiger charge is 2.27. The van der Waals surface area contributed by atoms with Crippen LogP contribution in [0, 0.1) is 0 Å². The van der Waals surface area contributed by atoms with E-state index in [0.717, 1.165) is 49.4 Å². The van der Waals surface area contributed by atoms with Gasteiger partial charge in [-0.3, -0.25) is 4.79 Å². The Morgan fingerprint density at radius 1 is 0.900 bits per heavy atom. The molecule has 0 saturated carbocycles. The first kappa shape index (κ1) is 29.7. The fourth-order valence-electron chi connectivity index (χ4n) is 4.77. The second-order valence-electron chi connectivity index (χ2n) is 9.75. The van der Waals surface area contributed by atoms with Gasteiger partial charge in [0.2, 0.25) is 5.91 Å². The summed E-state index contributed by atoms with van der Waals surface area (Å²) >= 11 is 6.13. The van der Waals surface area contributed by atoms with Crippen molar-refractivity contribution >= 4 is 17.5 Å². The van der Waals surface area contributed by atoms with E-state index in [0.29, 0.717) is 49.7 Å². The van der Waals surface area contributed by atoms with Gasteiger partial charge in [0.05, 0.1) is 30.9 Å². The van der Waals surface area contributed by atoms with Gasteiger partial charge in [-0.15, -0.1) is 0 Å². The van der Waals surface area contributed by atoms with E-state index in [1.54, 1.807) is 0 Å². The van der Waals surface area contributed by atoms with Gasteiger partial charge in [-0.2, -0.15) is 0 Å². The quantitative estimate of drug-likeness (QED) is 0.240. The van der Waals surface area contributed by atoms with E-state index in [9.17, 15) is 4.79 Å². The second kappa shape index (κ2) is 16.1. The number of ether oxygens (including phenoxy) is 4. The van der Waals surface area contributed by atoms with Crippen molar-refractivity contribution in [2.24, 2.45) is 0 Å². The van der Waals surface area contributed by atoms with Crippen LogP contribution in [0.3, 0.4) is 0 Å². The third-order valence-electron chi connectivity index (χ3n) is 6.80. The summed E-state index contributed by atoms with van der Waals surface area (Å²) in [4.78, 5) is 11.2. The third-order valence-corrected chi connectivity index (χ3v) is 7.11. The maximum absolute atomic E-state index is 11.2. The molecule has 1 saturated heterocycles. The highest BCUT2D eigenvalue weighted by atomic mass is 35.5. The van der Waals surface area contributed by atoms with Gasteiger partial charge < -0.3 is 29.6 Å². The minimum absolute atomic E-state index is 0.0275. The normalized spacial score (nSPS) is 16.8. The molecule has 3 aromatic rings. The summed E-state index contributed by atoms with van der Waals surface area (Å²) in [5.41, 5.74) is 2.33. The summed E-state index contributed by atoms with van der Waals surface area (Å²) in [5.74, 6) is 2.66. The van der Waals surface area contributed by atoms with Gasteiger partial charge in [0, 0.05) is 32.4 Å². The van der Waals surface area contributed by atoms with Crippen LogP contribution in [0.1, 0.15) is 36.8 Å². The summed E-state index contributed by atoms with van der Waals surface area (Å²) in [7, 11) is 0. The zero-order valence-electron chi connectivity index (χ0n) is 23.1. The van der Waals surface area contributed by atoms with E-state index in [1.165, 1.54) is 12.5 Å². The van der Waals surface area contributed by atoms with Crippen LogP contribution in [-0.4, -0.2) is 58.1 Å². The molecule has 0 radical (unpaired) electrons. The van der Waals surface area contributed by atoms with E-state index in [4.69, 9.17) is 30.5 Å². The molecule has 0 bridgehead atoms. The summed E-state index contributed by atoms with van der Waals surface area (Å²) in [6, 6.07) is 23.8. The molecule has 2 N–H and O–H groups in total. The number of para-hydroxylation sites is 2. The monoisotopic (exact) mass is 566 g/mol. The first-order valence-electron chi connectivity index (χ1n) is 14.0. The lowest BCUT2D eigenvalue weighted by Gasteiger charge is -2.32. The molecule has 0 aromatic heterocycles. The van der Waals surface area contributed by atoms with Crippen LogP contribution in [0.25, 0.3) is 0 Å². The number of hydrogen-bond acceptors (Lipinski definition) is 6. The van der Waals surface area contributed by atoms with Crippen molar-refractivity contribution in [3.8, 4) is 17.2 Å². The number of nitrogens with one attached hydrogen (secondary N) is 2. The number of piperidine rings is 1. The SMILES string of the molecule is CC(=O)NCCc1ccccc1OCCOC1CNCCC1c1ccc(OCCCOc2ccccc2Cl)cc1. The van der Waals surface area contributed by atoms with Gasteiger partial charge in [0.1, 0.15) is 23.9 Å². The fourth-order valence-corrected chi connectivity index (χ4v) is 4.96. The molecular formula is C32H39ClN2O5. The standard InChI is InChI=1S/C32H39ClN2O5/c1-24(36)35-18-15-26-7-2-4-9-30(26)39-21-22-40-32-23-34-17-16-28(32)25-11-13-27(14-12-25)37-19-6-20-38-31-10-5-3-8-29(31)33/h2-5,7-14,28,32,34H,6,15-23H2,1H3,(H,35,36). The molecule has 2 atom stereocenters. The summed E-state index contributed by atoms with van der Waals surface area (Å²) in [5, 5.41) is 6.91. The lowest BCUT2D eigenvalue weighted by Crippen LogP contribution is -2.41. The first-order chi connectivity index (χ1) is 19.6. The Kier molecular flexibility index (Phi) is 12.0. The molecule has 214 valence electrons. The van der Waals surface area contributed by atoms with Crippen molar-refractivity contribution in [2.45, 2.75) is 38.2 Å². The molecule has 1 aliphatic rings. The molecule has 1 aliphatic heterocycles. The van der Waals surface area contributed by atoms with Gasteiger partial charge in [0.25, 0.3) is 0 Å². The van der Waals surface area contributed by atoms with Gasteiger partial charge in [-0.05, 0) is 60.8 Å². The number of hydrogen-bond donors (Lipinski definition) is 2. The van der Waals surface area contributed by atoms with Gasteiger partial charge in [-0.1, -0.05) is 54.1 Å². The lowest BCUT2D eigenvalue weighted by molar-refractivity contribution is -0.118. The molecule has 2 unspecified atom stereocenters. The zero-order valence-corrected chi connectivity index (χ0v) is 23.8. The molecule has 40 heavy (non-hydrogen) atoms. The molecule has 8 heteroatoms. The summed E-state index contributed by atoms with van der Waals surface area (Å²) in [6.45, 7) is 5.96. The van der Waals surface area contributed by atoms with Crippen molar-refractivity contribution in [3.63, 3.8) is 0 Å². The molecule has 0 aliphatic carbocycles.